The van der Waals surface area contributed by atoms with Crippen molar-refractivity contribution in [1.82, 2.24) is 14.9 Å². The molecule has 0 fully saturated rings. The molecule has 0 bridgehead atoms. The van der Waals surface area contributed by atoms with Crippen molar-refractivity contribution in [3.05, 3.63) is 77.4 Å². The predicted molar refractivity (Wildman–Crippen MR) is 111 cm³/mol. The minimum atomic E-state index is -0.524. The van der Waals surface area contributed by atoms with Crippen molar-refractivity contribution in [2.75, 3.05) is 0 Å². The lowest BCUT2D eigenvalue weighted by atomic mass is 10.1. The molecule has 1 amide bonds. The van der Waals surface area contributed by atoms with Crippen molar-refractivity contribution in [2.45, 2.75) is 46.8 Å². The number of rotatable bonds is 7. The van der Waals surface area contributed by atoms with Gasteiger partial charge in [0.15, 0.2) is 6.10 Å². The minimum Gasteiger partial charge on any atom is -0.481 e. The van der Waals surface area contributed by atoms with Crippen LogP contribution in [0.5, 0.6) is 5.75 Å². The second kappa shape index (κ2) is 8.74. The molecule has 0 spiro atoms. The summed E-state index contributed by atoms with van der Waals surface area (Å²) in [5, 5.41) is 3.02. The van der Waals surface area contributed by atoms with E-state index in [4.69, 9.17) is 4.74 Å². The van der Waals surface area contributed by atoms with Crippen molar-refractivity contribution in [3.8, 4) is 11.4 Å². The van der Waals surface area contributed by atoms with Crippen molar-refractivity contribution in [2.24, 2.45) is 0 Å². The highest BCUT2D eigenvalue weighted by atomic mass is 16.5. The molecule has 2 aromatic carbocycles. The maximum absolute atomic E-state index is 12.7. The molecule has 5 heteroatoms. The minimum absolute atomic E-state index is 0.113. The van der Waals surface area contributed by atoms with Crippen LogP contribution >= 0.6 is 0 Å². The van der Waals surface area contributed by atoms with Crippen LogP contribution in [0.15, 0.2) is 54.9 Å². The normalized spacial score (nSPS) is 11.9. The Labute approximate surface area is 166 Å². The SMILES string of the molecule is CC[C@@H](Oc1ccc(C)c(C)c1)C(=O)NCc1ccccc1-n1ccnc1C. The summed E-state index contributed by atoms with van der Waals surface area (Å²) in [7, 11) is 0. The van der Waals surface area contributed by atoms with E-state index in [-0.39, 0.29) is 5.91 Å². The Kier molecular flexibility index (Phi) is 6.14. The quantitative estimate of drug-likeness (QED) is 0.669. The lowest BCUT2D eigenvalue weighted by molar-refractivity contribution is -0.128. The summed E-state index contributed by atoms with van der Waals surface area (Å²) in [6, 6.07) is 13.9. The van der Waals surface area contributed by atoms with Gasteiger partial charge in [-0.3, -0.25) is 4.79 Å². The lowest BCUT2D eigenvalue weighted by Crippen LogP contribution is -2.37. The lowest BCUT2D eigenvalue weighted by Gasteiger charge is -2.19. The Balaban J connectivity index is 1.69. The van der Waals surface area contributed by atoms with E-state index in [1.54, 1.807) is 6.20 Å². The summed E-state index contributed by atoms with van der Waals surface area (Å²) in [5.41, 5.74) is 4.40. The van der Waals surface area contributed by atoms with Gasteiger partial charge in [-0.1, -0.05) is 31.2 Å². The molecule has 0 aliphatic heterocycles. The Morgan fingerprint density at radius 2 is 1.93 bits per heavy atom. The second-order valence-electron chi connectivity index (χ2n) is 6.95. The van der Waals surface area contributed by atoms with E-state index in [1.165, 1.54) is 5.56 Å². The van der Waals surface area contributed by atoms with Crippen molar-refractivity contribution in [3.63, 3.8) is 0 Å². The average Bonchev–Trinajstić information content (AvgIpc) is 3.12. The molecule has 0 aliphatic rings. The number of para-hydroxylation sites is 1. The number of benzene rings is 2. The summed E-state index contributed by atoms with van der Waals surface area (Å²) < 4.78 is 7.96. The number of aryl methyl sites for hydroxylation is 3. The Hall–Kier alpha value is -3.08. The summed E-state index contributed by atoms with van der Waals surface area (Å²) in [4.78, 5) is 17.0. The number of ether oxygens (including phenoxy) is 1. The Morgan fingerprint density at radius 1 is 1.14 bits per heavy atom. The van der Waals surface area contributed by atoms with Crippen molar-refractivity contribution >= 4 is 5.91 Å². The van der Waals surface area contributed by atoms with Gasteiger partial charge in [0.05, 0.1) is 5.69 Å². The average molecular weight is 377 g/mol. The van der Waals surface area contributed by atoms with Gasteiger partial charge in [0.25, 0.3) is 5.91 Å². The maximum atomic E-state index is 12.7. The Bertz CT molecular complexity index is 962. The van der Waals surface area contributed by atoms with Crippen LogP contribution in [0.1, 0.15) is 35.9 Å². The summed E-state index contributed by atoms with van der Waals surface area (Å²) in [6.45, 7) is 8.44. The van der Waals surface area contributed by atoms with Crippen molar-refractivity contribution < 1.29 is 9.53 Å². The summed E-state index contributed by atoms with van der Waals surface area (Å²) in [5.74, 6) is 1.51. The van der Waals surface area contributed by atoms with Crippen LogP contribution in [-0.4, -0.2) is 21.6 Å². The van der Waals surface area contributed by atoms with Gasteiger partial charge in [-0.25, -0.2) is 4.98 Å². The molecule has 28 heavy (non-hydrogen) atoms. The van der Waals surface area contributed by atoms with Gasteiger partial charge in [-0.2, -0.15) is 0 Å². The molecule has 3 rings (SSSR count). The van der Waals surface area contributed by atoms with Crippen molar-refractivity contribution in [1.29, 1.82) is 0 Å². The molecule has 0 saturated carbocycles. The molecule has 5 nitrogen and oxygen atoms in total. The number of carbonyl (C=O) groups excluding carboxylic acids is 1. The fourth-order valence-electron chi connectivity index (χ4n) is 3.10. The standard InChI is InChI=1S/C23H27N3O2/c1-5-22(28-20-11-10-16(2)17(3)14-20)23(27)25-15-19-8-6-7-9-21(19)26-13-12-24-18(26)4/h6-14,22H,5,15H2,1-4H3,(H,25,27)/t22-/m1/s1. The number of carbonyl (C=O) groups is 1. The van der Waals surface area contributed by atoms with Gasteiger partial charge in [-0.05, 0) is 62.1 Å². The molecule has 0 aliphatic carbocycles. The number of nitrogens with one attached hydrogen (secondary N) is 1. The molecule has 3 aromatic rings. The van der Waals surface area contributed by atoms with Gasteiger partial charge in [-0.15, -0.1) is 0 Å². The molecular weight excluding hydrogens is 350 g/mol. The van der Waals surface area contributed by atoms with Gasteiger partial charge in [0.1, 0.15) is 11.6 Å². The monoisotopic (exact) mass is 377 g/mol. The highest BCUT2D eigenvalue weighted by Gasteiger charge is 2.19. The zero-order chi connectivity index (χ0) is 20.1. The Morgan fingerprint density at radius 3 is 2.61 bits per heavy atom. The van der Waals surface area contributed by atoms with E-state index in [1.807, 2.05) is 74.0 Å². The molecule has 0 radical (unpaired) electrons. The molecular formula is C23H27N3O2. The zero-order valence-electron chi connectivity index (χ0n) is 16.9. The van der Waals surface area contributed by atoms with Crippen LogP contribution in [0.2, 0.25) is 0 Å². The fourth-order valence-corrected chi connectivity index (χ4v) is 3.10. The molecule has 0 unspecified atom stereocenters. The third-order valence-corrected chi connectivity index (χ3v) is 4.95. The highest BCUT2D eigenvalue weighted by Crippen LogP contribution is 2.19. The van der Waals surface area contributed by atoms with Gasteiger partial charge in [0.2, 0.25) is 0 Å². The van der Waals surface area contributed by atoms with Crippen LogP contribution < -0.4 is 10.1 Å². The largest absolute Gasteiger partial charge is 0.481 e. The van der Waals surface area contributed by atoms with Crippen LogP contribution in [0.4, 0.5) is 0 Å². The van der Waals surface area contributed by atoms with Gasteiger partial charge < -0.3 is 14.6 Å². The molecule has 0 saturated heterocycles. The summed E-state index contributed by atoms with van der Waals surface area (Å²) >= 11 is 0. The first-order chi connectivity index (χ1) is 13.5. The van der Waals surface area contributed by atoms with E-state index in [0.29, 0.717) is 13.0 Å². The van der Waals surface area contributed by atoms with Crippen LogP contribution in [0.3, 0.4) is 0 Å². The first kappa shape index (κ1) is 19.7. The van der Waals surface area contributed by atoms with Gasteiger partial charge in [0, 0.05) is 18.9 Å². The number of aromatic nitrogens is 2. The van der Waals surface area contributed by atoms with Crippen LogP contribution in [0.25, 0.3) is 5.69 Å². The van der Waals surface area contributed by atoms with Crippen LogP contribution in [0, 0.1) is 20.8 Å². The van der Waals surface area contributed by atoms with E-state index in [9.17, 15) is 4.79 Å². The highest BCUT2D eigenvalue weighted by molar-refractivity contribution is 5.81. The first-order valence-corrected chi connectivity index (χ1v) is 9.59. The third kappa shape index (κ3) is 4.42. The third-order valence-electron chi connectivity index (χ3n) is 4.95. The second-order valence-corrected chi connectivity index (χ2v) is 6.95. The fraction of sp³-hybridized carbons (Fsp3) is 0.304. The molecule has 146 valence electrons. The topological polar surface area (TPSA) is 56.1 Å². The number of nitrogens with zero attached hydrogens (tertiary/aromatic N) is 2. The first-order valence-electron chi connectivity index (χ1n) is 9.59. The van der Waals surface area contributed by atoms with E-state index >= 15 is 0 Å². The molecule has 1 heterocycles. The molecule has 1 aromatic heterocycles. The number of hydrogen-bond acceptors (Lipinski definition) is 3. The maximum Gasteiger partial charge on any atom is 0.261 e. The zero-order valence-corrected chi connectivity index (χ0v) is 16.9. The van der Waals surface area contributed by atoms with E-state index in [0.717, 1.165) is 28.4 Å². The van der Waals surface area contributed by atoms with Crippen LogP contribution in [-0.2, 0) is 11.3 Å². The smallest absolute Gasteiger partial charge is 0.261 e. The predicted octanol–water partition coefficient (Wildman–Crippen LogP) is 4.27. The van der Waals surface area contributed by atoms with Gasteiger partial charge >= 0.3 is 0 Å². The van der Waals surface area contributed by atoms with E-state index < -0.39 is 6.10 Å². The molecule has 1 N–H and O–H groups in total. The summed E-state index contributed by atoms with van der Waals surface area (Å²) in [6.07, 6.45) is 3.77. The number of hydrogen-bond donors (Lipinski definition) is 1. The number of amides is 1. The van der Waals surface area contributed by atoms with E-state index in [2.05, 4.69) is 17.2 Å². The molecule has 1 atom stereocenters. The number of imidazole rings is 1.